The van der Waals surface area contributed by atoms with E-state index in [0.29, 0.717) is 6.61 Å². The first-order valence-corrected chi connectivity index (χ1v) is 6.45. The molecule has 0 bridgehead atoms. The molecule has 3 rings (SSSR count). The highest BCUT2D eigenvalue weighted by molar-refractivity contribution is 5.41. The van der Waals surface area contributed by atoms with Gasteiger partial charge in [0.25, 0.3) is 0 Å². The summed E-state index contributed by atoms with van der Waals surface area (Å²) in [7, 11) is 0. The van der Waals surface area contributed by atoms with Gasteiger partial charge in [-0.3, -0.25) is 0 Å². The summed E-state index contributed by atoms with van der Waals surface area (Å²) in [5, 5.41) is 0. The van der Waals surface area contributed by atoms with E-state index in [-0.39, 0.29) is 11.6 Å². The van der Waals surface area contributed by atoms with Gasteiger partial charge in [0.15, 0.2) is 17.6 Å². The topological polar surface area (TPSA) is 44.5 Å². The van der Waals surface area contributed by atoms with Crippen LogP contribution in [0.5, 0.6) is 11.5 Å². The predicted octanol–water partition coefficient (Wildman–Crippen LogP) is 2.49. The number of rotatable bonds is 1. The molecule has 1 saturated carbocycles. The number of benzene rings is 1. The maximum Gasteiger partial charge on any atom is 0.161 e. The SMILES string of the molecule is NC1(C2COc3ccccc3O2)CCCCC1. The molecule has 1 aromatic rings. The van der Waals surface area contributed by atoms with E-state index < -0.39 is 0 Å². The highest BCUT2D eigenvalue weighted by Crippen LogP contribution is 2.37. The Labute approximate surface area is 102 Å². The maximum atomic E-state index is 6.49. The average molecular weight is 233 g/mol. The fraction of sp³-hybridized carbons (Fsp3) is 0.571. The van der Waals surface area contributed by atoms with Crippen molar-refractivity contribution >= 4 is 0 Å². The summed E-state index contributed by atoms with van der Waals surface area (Å²) in [4.78, 5) is 0. The van der Waals surface area contributed by atoms with E-state index in [1.807, 2.05) is 24.3 Å². The number of nitrogens with two attached hydrogens (primary N) is 1. The van der Waals surface area contributed by atoms with E-state index >= 15 is 0 Å². The van der Waals surface area contributed by atoms with Crippen molar-refractivity contribution < 1.29 is 9.47 Å². The van der Waals surface area contributed by atoms with Gasteiger partial charge >= 0.3 is 0 Å². The van der Waals surface area contributed by atoms with Crippen molar-refractivity contribution in [2.24, 2.45) is 5.73 Å². The molecule has 3 heteroatoms. The molecule has 1 fully saturated rings. The molecule has 3 nitrogen and oxygen atoms in total. The third kappa shape index (κ3) is 2.00. The van der Waals surface area contributed by atoms with Gasteiger partial charge in [-0.15, -0.1) is 0 Å². The Morgan fingerprint density at radius 2 is 1.76 bits per heavy atom. The quantitative estimate of drug-likeness (QED) is 0.810. The maximum absolute atomic E-state index is 6.49. The molecule has 0 spiro atoms. The zero-order valence-electron chi connectivity index (χ0n) is 10.0. The highest BCUT2D eigenvalue weighted by Gasteiger charge is 2.40. The lowest BCUT2D eigenvalue weighted by Crippen LogP contribution is -2.57. The minimum Gasteiger partial charge on any atom is -0.486 e. The predicted molar refractivity (Wildman–Crippen MR) is 66.4 cm³/mol. The van der Waals surface area contributed by atoms with Crippen LogP contribution in [0, 0.1) is 0 Å². The van der Waals surface area contributed by atoms with Gasteiger partial charge in [0.1, 0.15) is 6.61 Å². The van der Waals surface area contributed by atoms with E-state index in [9.17, 15) is 0 Å². The van der Waals surface area contributed by atoms with Crippen molar-refractivity contribution in [3.05, 3.63) is 24.3 Å². The molecule has 1 aliphatic heterocycles. The Morgan fingerprint density at radius 3 is 2.53 bits per heavy atom. The standard InChI is InChI=1S/C14H19NO2/c15-14(8-4-1-5-9-14)13-10-16-11-6-2-3-7-12(11)17-13/h2-3,6-7,13H,1,4-5,8-10,15H2. The Kier molecular flexibility index (Phi) is 2.71. The number of hydrogen-bond acceptors (Lipinski definition) is 3. The van der Waals surface area contributed by atoms with E-state index in [1.165, 1.54) is 19.3 Å². The molecule has 1 atom stereocenters. The summed E-state index contributed by atoms with van der Waals surface area (Å²) in [6.07, 6.45) is 5.80. The minimum absolute atomic E-state index is 0.00213. The molecule has 2 aliphatic rings. The number of ether oxygens (including phenoxy) is 2. The molecule has 1 aliphatic carbocycles. The summed E-state index contributed by atoms with van der Waals surface area (Å²) in [5.74, 6) is 1.67. The monoisotopic (exact) mass is 233 g/mol. The van der Waals surface area contributed by atoms with Crippen molar-refractivity contribution in [3.8, 4) is 11.5 Å². The van der Waals surface area contributed by atoms with Crippen molar-refractivity contribution in [2.75, 3.05) is 6.61 Å². The number of hydrogen-bond donors (Lipinski definition) is 1. The summed E-state index contributed by atoms with van der Waals surface area (Å²) in [6.45, 7) is 0.577. The van der Waals surface area contributed by atoms with Gasteiger partial charge in [-0.2, -0.15) is 0 Å². The van der Waals surface area contributed by atoms with Crippen LogP contribution in [0.2, 0.25) is 0 Å². The second kappa shape index (κ2) is 4.22. The largest absolute Gasteiger partial charge is 0.486 e. The molecule has 2 N–H and O–H groups in total. The van der Waals surface area contributed by atoms with Gasteiger partial charge in [0, 0.05) is 0 Å². The van der Waals surface area contributed by atoms with Gasteiger partial charge in [-0.05, 0) is 25.0 Å². The van der Waals surface area contributed by atoms with Crippen LogP contribution in [-0.4, -0.2) is 18.2 Å². The number of fused-ring (bicyclic) bond motifs is 1. The van der Waals surface area contributed by atoms with Crippen molar-refractivity contribution in [3.63, 3.8) is 0 Å². The second-order valence-electron chi connectivity index (χ2n) is 5.16. The summed E-state index contributed by atoms with van der Waals surface area (Å²) in [6, 6.07) is 7.82. The van der Waals surface area contributed by atoms with Crippen LogP contribution in [-0.2, 0) is 0 Å². The molecule has 0 saturated heterocycles. The van der Waals surface area contributed by atoms with Gasteiger partial charge in [0.2, 0.25) is 0 Å². The van der Waals surface area contributed by atoms with E-state index in [0.717, 1.165) is 24.3 Å². The summed E-state index contributed by atoms with van der Waals surface area (Å²) in [5.41, 5.74) is 6.28. The Balaban J connectivity index is 1.79. The first-order chi connectivity index (χ1) is 8.28. The van der Waals surface area contributed by atoms with Gasteiger partial charge < -0.3 is 15.2 Å². The molecule has 0 aromatic heterocycles. The minimum atomic E-state index is -0.203. The molecule has 92 valence electrons. The van der Waals surface area contributed by atoms with Crippen molar-refractivity contribution in [2.45, 2.75) is 43.7 Å². The van der Waals surface area contributed by atoms with Crippen LogP contribution >= 0.6 is 0 Å². The average Bonchev–Trinajstić information content (AvgIpc) is 2.39. The molecule has 17 heavy (non-hydrogen) atoms. The smallest absolute Gasteiger partial charge is 0.161 e. The normalized spacial score (nSPS) is 26.5. The lowest BCUT2D eigenvalue weighted by atomic mass is 9.78. The zero-order chi connectivity index (χ0) is 11.7. The first-order valence-electron chi connectivity index (χ1n) is 6.45. The summed E-state index contributed by atoms with van der Waals surface area (Å²) < 4.78 is 11.8. The van der Waals surface area contributed by atoms with Crippen molar-refractivity contribution in [1.29, 1.82) is 0 Å². The Bertz CT molecular complexity index is 399. The van der Waals surface area contributed by atoms with Crippen LogP contribution in [0.3, 0.4) is 0 Å². The van der Waals surface area contributed by atoms with Crippen LogP contribution in [0.15, 0.2) is 24.3 Å². The molecule has 0 amide bonds. The second-order valence-corrected chi connectivity index (χ2v) is 5.16. The van der Waals surface area contributed by atoms with Crippen LogP contribution in [0.4, 0.5) is 0 Å². The lowest BCUT2D eigenvalue weighted by molar-refractivity contribution is 0.0168. The zero-order valence-corrected chi connectivity index (χ0v) is 10.0. The van der Waals surface area contributed by atoms with Gasteiger partial charge in [-0.1, -0.05) is 31.4 Å². The van der Waals surface area contributed by atoms with E-state index in [2.05, 4.69) is 0 Å². The summed E-state index contributed by atoms with van der Waals surface area (Å²) >= 11 is 0. The number of para-hydroxylation sites is 2. The van der Waals surface area contributed by atoms with Gasteiger partial charge in [0.05, 0.1) is 5.54 Å². The van der Waals surface area contributed by atoms with E-state index in [4.69, 9.17) is 15.2 Å². The first kappa shape index (κ1) is 10.9. The third-order valence-electron chi connectivity index (χ3n) is 3.93. The fourth-order valence-electron chi connectivity index (χ4n) is 2.83. The molecule has 1 aromatic carbocycles. The van der Waals surface area contributed by atoms with Crippen LogP contribution in [0.1, 0.15) is 32.1 Å². The van der Waals surface area contributed by atoms with Crippen LogP contribution in [0.25, 0.3) is 0 Å². The van der Waals surface area contributed by atoms with Crippen LogP contribution < -0.4 is 15.2 Å². The fourth-order valence-corrected chi connectivity index (χ4v) is 2.83. The van der Waals surface area contributed by atoms with Gasteiger partial charge in [-0.25, -0.2) is 0 Å². The molecular weight excluding hydrogens is 214 g/mol. The third-order valence-corrected chi connectivity index (χ3v) is 3.93. The highest BCUT2D eigenvalue weighted by atomic mass is 16.6. The Hall–Kier alpha value is -1.22. The molecular formula is C14H19NO2. The Morgan fingerprint density at radius 1 is 1.06 bits per heavy atom. The molecule has 1 heterocycles. The molecule has 0 radical (unpaired) electrons. The van der Waals surface area contributed by atoms with Crippen molar-refractivity contribution in [1.82, 2.24) is 0 Å². The lowest BCUT2D eigenvalue weighted by Gasteiger charge is -2.42. The van der Waals surface area contributed by atoms with E-state index in [1.54, 1.807) is 0 Å². The molecule has 1 unspecified atom stereocenters.